The number of rotatable bonds is 5. The molecule has 0 bridgehead atoms. The van der Waals surface area contributed by atoms with Crippen LogP contribution in [-0.2, 0) is 11.3 Å². The van der Waals surface area contributed by atoms with Crippen molar-refractivity contribution in [2.45, 2.75) is 6.54 Å². The Hall–Kier alpha value is -3.20. The number of anilines is 1. The highest BCUT2D eigenvalue weighted by Crippen LogP contribution is 2.21. The standard InChI is InChI=1S/C17H16N4O4S/c1-20(2)16(23)11-5-3-6-12(9-11)18-14(22)10-21-17(24)25-15(19-21)13-7-4-8-26-13/h3-9H,10H2,1-2H3,(H,18,22). The zero-order chi connectivity index (χ0) is 18.7. The molecule has 2 aromatic heterocycles. The lowest BCUT2D eigenvalue weighted by atomic mass is 10.2. The maximum absolute atomic E-state index is 12.2. The van der Waals surface area contributed by atoms with Gasteiger partial charge >= 0.3 is 5.76 Å². The summed E-state index contributed by atoms with van der Waals surface area (Å²) in [4.78, 5) is 38.2. The second kappa shape index (κ2) is 7.36. The van der Waals surface area contributed by atoms with Crippen molar-refractivity contribution in [3.8, 4) is 10.8 Å². The Labute approximate surface area is 152 Å². The number of benzene rings is 1. The molecular formula is C17H16N4O4S. The fourth-order valence-corrected chi connectivity index (χ4v) is 2.87. The molecular weight excluding hydrogens is 356 g/mol. The third-order valence-electron chi connectivity index (χ3n) is 3.43. The van der Waals surface area contributed by atoms with Crippen molar-refractivity contribution in [2.24, 2.45) is 0 Å². The van der Waals surface area contributed by atoms with Gasteiger partial charge in [0.25, 0.3) is 11.8 Å². The van der Waals surface area contributed by atoms with Crippen LogP contribution >= 0.6 is 11.3 Å². The number of carbonyl (C=O) groups is 2. The van der Waals surface area contributed by atoms with Gasteiger partial charge in [-0.2, -0.15) is 4.68 Å². The van der Waals surface area contributed by atoms with Crippen molar-refractivity contribution in [1.82, 2.24) is 14.7 Å². The topological polar surface area (TPSA) is 97.4 Å². The molecule has 0 aliphatic rings. The second-order valence-corrected chi connectivity index (χ2v) is 6.58. The lowest BCUT2D eigenvalue weighted by Gasteiger charge is -2.11. The first-order valence-electron chi connectivity index (χ1n) is 7.67. The van der Waals surface area contributed by atoms with Gasteiger partial charge in [-0.15, -0.1) is 16.4 Å². The smallest absolute Gasteiger partial charge is 0.387 e. The van der Waals surface area contributed by atoms with E-state index in [0.29, 0.717) is 16.1 Å². The highest BCUT2D eigenvalue weighted by atomic mass is 32.1. The van der Waals surface area contributed by atoms with Crippen LogP contribution in [0.1, 0.15) is 10.4 Å². The van der Waals surface area contributed by atoms with Crippen LogP contribution in [0.25, 0.3) is 10.8 Å². The van der Waals surface area contributed by atoms with Gasteiger partial charge in [-0.25, -0.2) is 4.79 Å². The number of nitrogens with one attached hydrogen (secondary N) is 1. The molecule has 9 heteroatoms. The van der Waals surface area contributed by atoms with Crippen LogP contribution in [0.2, 0.25) is 0 Å². The van der Waals surface area contributed by atoms with E-state index in [2.05, 4.69) is 10.4 Å². The van der Waals surface area contributed by atoms with E-state index in [1.54, 1.807) is 44.4 Å². The average molecular weight is 372 g/mol. The fourth-order valence-electron chi connectivity index (χ4n) is 2.23. The minimum atomic E-state index is -0.708. The zero-order valence-electron chi connectivity index (χ0n) is 14.1. The van der Waals surface area contributed by atoms with Gasteiger partial charge in [-0.05, 0) is 29.6 Å². The molecule has 3 aromatic rings. The Morgan fingerprint density at radius 3 is 2.77 bits per heavy atom. The van der Waals surface area contributed by atoms with E-state index in [9.17, 15) is 14.4 Å². The molecule has 0 aliphatic carbocycles. The zero-order valence-corrected chi connectivity index (χ0v) is 14.9. The Morgan fingerprint density at radius 2 is 2.08 bits per heavy atom. The van der Waals surface area contributed by atoms with Crippen molar-refractivity contribution in [2.75, 3.05) is 19.4 Å². The molecule has 0 spiro atoms. The Morgan fingerprint density at radius 1 is 1.27 bits per heavy atom. The normalized spacial score (nSPS) is 10.5. The van der Waals surface area contributed by atoms with Crippen molar-refractivity contribution >= 4 is 28.8 Å². The van der Waals surface area contributed by atoms with E-state index >= 15 is 0 Å². The number of hydrogen-bond donors (Lipinski definition) is 1. The maximum atomic E-state index is 12.2. The second-order valence-electron chi connectivity index (χ2n) is 5.64. The van der Waals surface area contributed by atoms with E-state index in [0.717, 1.165) is 4.68 Å². The number of thiophene rings is 1. The molecule has 0 fully saturated rings. The largest absolute Gasteiger partial charge is 0.437 e. The first kappa shape index (κ1) is 17.6. The summed E-state index contributed by atoms with van der Waals surface area (Å²) in [5, 5.41) is 8.51. The van der Waals surface area contributed by atoms with Crippen LogP contribution in [0.15, 0.2) is 51.0 Å². The van der Waals surface area contributed by atoms with Crippen molar-refractivity contribution in [3.63, 3.8) is 0 Å². The molecule has 0 aliphatic heterocycles. The fraction of sp³-hybridized carbons (Fsp3) is 0.176. The predicted octanol–water partition coefficient (Wildman–Crippen LogP) is 1.91. The average Bonchev–Trinajstić information content (AvgIpc) is 3.24. The van der Waals surface area contributed by atoms with Gasteiger partial charge in [0.05, 0.1) is 4.88 Å². The van der Waals surface area contributed by atoms with Gasteiger partial charge in [-0.3, -0.25) is 9.59 Å². The van der Waals surface area contributed by atoms with E-state index in [1.807, 2.05) is 11.4 Å². The predicted molar refractivity (Wildman–Crippen MR) is 97.2 cm³/mol. The summed E-state index contributed by atoms with van der Waals surface area (Å²) in [6.07, 6.45) is 0. The van der Waals surface area contributed by atoms with Crippen molar-refractivity contribution < 1.29 is 14.0 Å². The SMILES string of the molecule is CN(C)C(=O)c1cccc(NC(=O)Cn2nc(-c3cccs3)oc2=O)c1. The molecule has 2 heterocycles. The van der Waals surface area contributed by atoms with Crippen LogP contribution in [0.5, 0.6) is 0 Å². The molecule has 2 amide bonds. The lowest BCUT2D eigenvalue weighted by molar-refractivity contribution is -0.117. The van der Waals surface area contributed by atoms with E-state index < -0.39 is 11.7 Å². The number of amides is 2. The summed E-state index contributed by atoms with van der Waals surface area (Å²) in [6, 6.07) is 10.1. The van der Waals surface area contributed by atoms with E-state index in [1.165, 1.54) is 16.2 Å². The summed E-state index contributed by atoms with van der Waals surface area (Å²) in [5.41, 5.74) is 0.907. The quantitative estimate of drug-likeness (QED) is 0.738. The number of carbonyl (C=O) groups excluding carboxylic acids is 2. The van der Waals surface area contributed by atoms with Gasteiger partial charge in [-0.1, -0.05) is 12.1 Å². The Kier molecular flexibility index (Phi) is 4.99. The highest BCUT2D eigenvalue weighted by Gasteiger charge is 2.15. The Balaban J connectivity index is 1.71. The van der Waals surface area contributed by atoms with Gasteiger partial charge in [0.2, 0.25) is 5.91 Å². The van der Waals surface area contributed by atoms with Crippen LogP contribution in [0.3, 0.4) is 0 Å². The first-order chi connectivity index (χ1) is 12.4. The monoisotopic (exact) mass is 372 g/mol. The van der Waals surface area contributed by atoms with Crippen molar-refractivity contribution in [3.05, 3.63) is 57.9 Å². The van der Waals surface area contributed by atoms with Crippen LogP contribution in [0.4, 0.5) is 5.69 Å². The highest BCUT2D eigenvalue weighted by molar-refractivity contribution is 7.13. The van der Waals surface area contributed by atoms with Crippen LogP contribution in [0, 0.1) is 0 Å². The summed E-state index contributed by atoms with van der Waals surface area (Å²) in [7, 11) is 3.30. The maximum Gasteiger partial charge on any atom is 0.437 e. The van der Waals surface area contributed by atoms with E-state index in [-0.39, 0.29) is 18.3 Å². The summed E-state index contributed by atoms with van der Waals surface area (Å²) in [6.45, 7) is -0.292. The van der Waals surface area contributed by atoms with Crippen LogP contribution < -0.4 is 11.1 Å². The van der Waals surface area contributed by atoms with E-state index in [4.69, 9.17) is 4.42 Å². The minimum absolute atomic E-state index is 0.172. The molecule has 0 atom stereocenters. The molecule has 0 saturated heterocycles. The number of aromatic nitrogens is 2. The molecule has 0 saturated carbocycles. The summed E-state index contributed by atoms with van der Waals surface area (Å²) in [5.74, 6) is -1.15. The van der Waals surface area contributed by atoms with Crippen molar-refractivity contribution in [1.29, 1.82) is 0 Å². The van der Waals surface area contributed by atoms with Gasteiger partial charge < -0.3 is 14.6 Å². The molecule has 1 N–H and O–H groups in total. The first-order valence-corrected chi connectivity index (χ1v) is 8.55. The molecule has 26 heavy (non-hydrogen) atoms. The van der Waals surface area contributed by atoms with Gasteiger partial charge in [0.1, 0.15) is 6.54 Å². The number of hydrogen-bond acceptors (Lipinski definition) is 6. The number of nitrogens with zero attached hydrogens (tertiary/aromatic N) is 3. The lowest BCUT2D eigenvalue weighted by Crippen LogP contribution is -2.26. The third kappa shape index (κ3) is 3.89. The minimum Gasteiger partial charge on any atom is -0.387 e. The van der Waals surface area contributed by atoms with Gasteiger partial charge in [0.15, 0.2) is 0 Å². The summed E-state index contributed by atoms with van der Waals surface area (Å²) >= 11 is 1.38. The summed E-state index contributed by atoms with van der Waals surface area (Å²) < 4.78 is 6.02. The third-order valence-corrected chi connectivity index (χ3v) is 4.29. The molecule has 3 rings (SSSR count). The molecule has 134 valence electrons. The molecule has 0 radical (unpaired) electrons. The van der Waals surface area contributed by atoms with Crippen LogP contribution in [-0.4, -0.2) is 40.6 Å². The van der Waals surface area contributed by atoms with Gasteiger partial charge in [0, 0.05) is 25.3 Å². The molecule has 8 nitrogen and oxygen atoms in total. The molecule has 0 unspecified atom stereocenters. The molecule has 1 aromatic carbocycles. The Bertz CT molecular complexity index is 988.